The number of halogens is 3. The topological polar surface area (TPSA) is 80.7 Å². The molecular formula is C21H18F3N5O2. The molecule has 0 amide bonds. The zero-order valence-electron chi connectivity index (χ0n) is 16.6. The molecule has 0 aliphatic carbocycles. The second-order valence-electron chi connectivity index (χ2n) is 6.63. The fourth-order valence-corrected chi connectivity index (χ4v) is 2.96. The number of aromatic nitrogens is 2. The number of anilines is 4. The highest BCUT2D eigenvalue weighted by atomic mass is 19.4. The monoisotopic (exact) mass is 429 g/mol. The van der Waals surface area contributed by atoms with Crippen LogP contribution in [0.15, 0.2) is 53.5 Å². The average Bonchev–Trinajstić information content (AvgIpc) is 3.18. The third-order valence-electron chi connectivity index (χ3n) is 4.56. The van der Waals surface area contributed by atoms with Gasteiger partial charge in [-0.25, -0.2) is 15.0 Å². The molecule has 0 saturated carbocycles. The van der Waals surface area contributed by atoms with E-state index in [1.807, 2.05) is 0 Å². The van der Waals surface area contributed by atoms with Crippen molar-refractivity contribution in [3.05, 3.63) is 54.2 Å². The maximum Gasteiger partial charge on any atom is 0.429 e. The molecule has 1 aliphatic rings. The summed E-state index contributed by atoms with van der Waals surface area (Å²) in [6.07, 6.45) is -4.96. The number of aliphatic imine (C=N–C) groups is 1. The molecule has 2 N–H and O–H groups in total. The number of methoxy groups -OCH3 is 2. The normalized spacial score (nSPS) is 12.7. The molecule has 0 saturated heterocycles. The molecule has 1 aromatic heterocycles. The molecular weight excluding hydrogens is 411 g/mol. The first kappa shape index (κ1) is 20.5. The van der Waals surface area contributed by atoms with E-state index in [2.05, 4.69) is 25.6 Å². The van der Waals surface area contributed by atoms with Gasteiger partial charge >= 0.3 is 6.18 Å². The van der Waals surface area contributed by atoms with Crippen molar-refractivity contribution in [2.24, 2.45) is 4.99 Å². The van der Waals surface area contributed by atoms with Crippen molar-refractivity contribution in [2.45, 2.75) is 12.6 Å². The van der Waals surface area contributed by atoms with Gasteiger partial charge in [0.2, 0.25) is 0 Å². The third kappa shape index (κ3) is 4.52. The fourth-order valence-electron chi connectivity index (χ4n) is 2.96. The number of fused-ring (bicyclic) bond motifs is 1. The molecule has 0 unspecified atom stereocenters. The number of alkyl halides is 3. The molecule has 160 valence electrons. The van der Waals surface area contributed by atoms with E-state index < -0.39 is 18.3 Å². The van der Waals surface area contributed by atoms with E-state index in [0.29, 0.717) is 22.9 Å². The molecule has 0 fully saturated rings. The first-order valence-electron chi connectivity index (χ1n) is 9.23. The van der Waals surface area contributed by atoms with Crippen LogP contribution in [0, 0.1) is 0 Å². The molecule has 0 atom stereocenters. The van der Waals surface area contributed by atoms with Crippen LogP contribution in [0.4, 0.5) is 42.0 Å². The van der Waals surface area contributed by atoms with Crippen LogP contribution in [-0.4, -0.2) is 36.1 Å². The van der Waals surface area contributed by atoms with Crippen LogP contribution >= 0.6 is 0 Å². The van der Waals surface area contributed by atoms with Gasteiger partial charge in [0.1, 0.15) is 17.2 Å². The average molecular weight is 429 g/mol. The molecule has 2 aromatic carbocycles. The fraction of sp³-hybridized carbons (Fsp3) is 0.190. The summed E-state index contributed by atoms with van der Waals surface area (Å²) in [7, 11) is 3.12. The quantitative estimate of drug-likeness (QED) is 0.563. The van der Waals surface area contributed by atoms with Crippen molar-refractivity contribution in [2.75, 3.05) is 24.9 Å². The Labute approximate surface area is 176 Å². The van der Waals surface area contributed by atoms with Crippen molar-refractivity contribution in [3.8, 4) is 11.5 Å². The van der Waals surface area contributed by atoms with E-state index >= 15 is 0 Å². The zero-order valence-corrected chi connectivity index (χ0v) is 16.6. The van der Waals surface area contributed by atoms with Crippen LogP contribution in [0.3, 0.4) is 0 Å². The number of ether oxygens (including phenoxy) is 2. The van der Waals surface area contributed by atoms with Gasteiger partial charge in [0.15, 0.2) is 17.5 Å². The lowest BCUT2D eigenvalue weighted by molar-refractivity contribution is -0.0597. The van der Waals surface area contributed by atoms with Crippen LogP contribution in [0.1, 0.15) is 5.69 Å². The van der Waals surface area contributed by atoms with Crippen molar-refractivity contribution in [1.29, 1.82) is 0 Å². The van der Waals surface area contributed by atoms with Crippen molar-refractivity contribution < 1.29 is 22.6 Å². The van der Waals surface area contributed by atoms with Crippen LogP contribution in [-0.2, 0) is 6.42 Å². The lowest BCUT2D eigenvalue weighted by atomic mass is 10.2. The summed E-state index contributed by atoms with van der Waals surface area (Å²) in [4.78, 5) is 12.3. The summed E-state index contributed by atoms with van der Waals surface area (Å²) in [5.74, 6) is 1.81. The van der Waals surface area contributed by atoms with Gasteiger partial charge in [-0.05, 0) is 48.5 Å². The van der Waals surface area contributed by atoms with Gasteiger partial charge in [0, 0.05) is 17.8 Å². The van der Waals surface area contributed by atoms with Gasteiger partial charge in [-0.1, -0.05) is 0 Å². The maximum absolute atomic E-state index is 13.1. The highest BCUT2D eigenvalue weighted by molar-refractivity contribution is 5.97. The Balaban J connectivity index is 1.69. The largest absolute Gasteiger partial charge is 0.497 e. The van der Waals surface area contributed by atoms with E-state index in [0.717, 1.165) is 0 Å². The van der Waals surface area contributed by atoms with Crippen LogP contribution in [0.2, 0.25) is 0 Å². The van der Waals surface area contributed by atoms with E-state index in [1.165, 1.54) is 0 Å². The Kier molecular flexibility index (Phi) is 5.37. The Bertz CT molecular complexity index is 1110. The molecule has 0 spiro atoms. The molecule has 2 heterocycles. The number of nitrogens with one attached hydrogen (secondary N) is 2. The second kappa shape index (κ2) is 8.13. The summed E-state index contributed by atoms with van der Waals surface area (Å²) in [6, 6.07) is 14.1. The smallest absolute Gasteiger partial charge is 0.429 e. The summed E-state index contributed by atoms with van der Waals surface area (Å²) >= 11 is 0. The van der Waals surface area contributed by atoms with E-state index in [9.17, 15) is 13.2 Å². The molecule has 1 aliphatic heterocycles. The maximum atomic E-state index is 13.1. The number of nitrogens with zero attached hydrogens (tertiary/aromatic N) is 3. The molecule has 0 bridgehead atoms. The Morgan fingerprint density at radius 1 is 0.774 bits per heavy atom. The van der Waals surface area contributed by atoms with Gasteiger partial charge < -0.3 is 20.1 Å². The summed E-state index contributed by atoms with van der Waals surface area (Å²) in [5, 5.41) is 6.18. The number of rotatable bonds is 6. The summed E-state index contributed by atoms with van der Waals surface area (Å²) in [6.45, 7) is 0. The predicted octanol–water partition coefficient (Wildman–Crippen LogP) is 5.17. The van der Waals surface area contributed by atoms with Gasteiger partial charge in [-0.15, -0.1) is 0 Å². The Hall–Kier alpha value is -3.82. The number of hydrogen-bond acceptors (Lipinski definition) is 7. The second-order valence-corrected chi connectivity index (χ2v) is 6.63. The van der Waals surface area contributed by atoms with E-state index in [4.69, 9.17) is 9.47 Å². The van der Waals surface area contributed by atoms with Crippen LogP contribution in [0.5, 0.6) is 11.5 Å². The molecule has 10 heteroatoms. The lowest BCUT2D eigenvalue weighted by Crippen LogP contribution is -2.22. The van der Waals surface area contributed by atoms with Gasteiger partial charge in [-0.3, -0.25) is 0 Å². The molecule has 31 heavy (non-hydrogen) atoms. The standard InChI is InChI=1S/C21H18F3N5O2/c1-30-14-7-3-12(4-8-14)25-19-20(26-13-5-9-15(31-2)10-6-13)29-18-16(27-19)11-17(28-18)21(22,23)24/h3-10H,11H2,1-2H3,(H,25,27)(H,26,29). The molecule has 4 rings (SSSR count). The summed E-state index contributed by atoms with van der Waals surface area (Å²) < 4.78 is 49.7. The minimum absolute atomic E-state index is 0.0522. The zero-order chi connectivity index (χ0) is 22.0. The molecule has 3 aromatic rings. The van der Waals surface area contributed by atoms with Crippen LogP contribution in [0.25, 0.3) is 0 Å². The first-order valence-corrected chi connectivity index (χ1v) is 9.23. The number of benzene rings is 2. The lowest BCUT2D eigenvalue weighted by Gasteiger charge is -2.14. The van der Waals surface area contributed by atoms with Gasteiger partial charge in [0.25, 0.3) is 0 Å². The Morgan fingerprint density at radius 3 is 1.71 bits per heavy atom. The molecule has 7 nitrogen and oxygen atoms in total. The van der Waals surface area contributed by atoms with Gasteiger partial charge in [0.05, 0.1) is 19.9 Å². The van der Waals surface area contributed by atoms with Crippen molar-refractivity contribution in [1.82, 2.24) is 9.97 Å². The van der Waals surface area contributed by atoms with E-state index in [-0.39, 0.29) is 23.1 Å². The van der Waals surface area contributed by atoms with E-state index in [1.54, 1.807) is 62.8 Å². The molecule has 0 radical (unpaired) electrons. The minimum atomic E-state index is -4.53. The minimum Gasteiger partial charge on any atom is -0.497 e. The third-order valence-corrected chi connectivity index (χ3v) is 4.56. The predicted molar refractivity (Wildman–Crippen MR) is 111 cm³/mol. The Morgan fingerprint density at radius 2 is 1.26 bits per heavy atom. The van der Waals surface area contributed by atoms with Crippen LogP contribution < -0.4 is 20.1 Å². The van der Waals surface area contributed by atoms with Crippen molar-refractivity contribution in [3.63, 3.8) is 0 Å². The SMILES string of the molecule is COc1ccc(Nc2nc3c(nc2Nc2ccc(OC)cc2)N=C(C(F)(F)F)C3)cc1. The highest BCUT2D eigenvalue weighted by Crippen LogP contribution is 2.35. The summed E-state index contributed by atoms with van der Waals surface area (Å²) in [5.41, 5.74) is 0.566. The highest BCUT2D eigenvalue weighted by Gasteiger charge is 2.40. The van der Waals surface area contributed by atoms with Gasteiger partial charge in [-0.2, -0.15) is 13.2 Å². The number of hydrogen-bond donors (Lipinski definition) is 2. The first-order chi connectivity index (χ1) is 14.9. The van der Waals surface area contributed by atoms with Crippen molar-refractivity contribution >= 4 is 34.5 Å².